The minimum Gasteiger partial charge on any atom is -0.482 e. The number of halogens is 1. The van der Waals surface area contributed by atoms with Crippen molar-refractivity contribution in [3.8, 4) is 68.2 Å². The highest BCUT2D eigenvalue weighted by Crippen LogP contribution is 2.46. The minimum atomic E-state index is -0.455. The molecule has 0 radical (unpaired) electrons. The fraction of sp³-hybridized carbons (Fsp3) is 0.0811. The number of benzene rings is 5. The van der Waals surface area contributed by atoms with Crippen molar-refractivity contribution in [3.63, 3.8) is 0 Å². The van der Waals surface area contributed by atoms with E-state index >= 15 is 0 Å². The largest absolute Gasteiger partial charge is 0.482 e. The fourth-order valence-corrected chi connectivity index (χ4v) is 5.48. The van der Waals surface area contributed by atoms with E-state index in [1.807, 2.05) is 60.7 Å². The van der Waals surface area contributed by atoms with Gasteiger partial charge in [-0.2, -0.15) is 5.26 Å². The monoisotopic (exact) mass is 560 g/mol. The third-order valence-corrected chi connectivity index (χ3v) is 7.67. The van der Waals surface area contributed by atoms with E-state index in [9.17, 15) is 9.65 Å². The average molecular weight is 561 g/mol. The first-order valence-electron chi connectivity index (χ1n) is 13.9. The van der Waals surface area contributed by atoms with Gasteiger partial charge in [-0.25, -0.2) is 19.3 Å². The quantitative estimate of drug-likeness (QED) is 0.215. The Morgan fingerprint density at radius 1 is 0.605 bits per heavy atom. The van der Waals surface area contributed by atoms with Gasteiger partial charge in [0.1, 0.15) is 17.2 Å². The second kappa shape index (κ2) is 10.3. The summed E-state index contributed by atoms with van der Waals surface area (Å²) in [5.41, 5.74) is 7.52. The van der Waals surface area contributed by atoms with E-state index in [-0.39, 0.29) is 5.82 Å². The molecule has 206 valence electrons. The van der Waals surface area contributed by atoms with Crippen LogP contribution in [0.1, 0.15) is 25.0 Å². The Morgan fingerprint density at radius 2 is 1.21 bits per heavy atom. The summed E-state index contributed by atoms with van der Waals surface area (Å²) in [6.07, 6.45) is 0. The highest BCUT2D eigenvalue weighted by Gasteiger charge is 2.32. The number of rotatable bonds is 4. The zero-order valence-corrected chi connectivity index (χ0v) is 23.5. The van der Waals surface area contributed by atoms with Gasteiger partial charge in [0.05, 0.1) is 11.6 Å². The molecule has 7 rings (SSSR count). The lowest BCUT2D eigenvalue weighted by molar-refractivity contribution is 0.106. The molecule has 0 atom stereocenters. The Labute approximate surface area is 249 Å². The molecule has 5 aromatic carbocycles. The maximum Gasteiger partial charge on any atom is 0.164 e. The maximum atomic E-state index is 13.6. The molecule has 0 fully saturated rings. The van der Waals surface area contributed by atoms with Crippen LogP contribution in [0.5, 0.6) is 5.75 Å². The third-order valence-electron chi connectivity index (χ3n) is 7.67. The van der Waals surface area contributed by atoms with E-state index in [0.29, 0.717) is 23.0 Å². The molecule has 0 amide bonds. The van der Waals surface area contributed by atoms with Gasteiger partial charge in [0.25, 0.3) is 0 Å². The summed E-state index contributed by atoms with van der Waals surface area (Å²) in [5.74, 6) is 2.04. The molecule has 0 spiro atoms. The number of aromatic nitrogens is 3. The molecule has 0 saturated heterocycles. The van der Waals surface area contributed by atoms with Gasteiger partial charge >= 0.3 is 0 Å². The summed E-state index contributed by atoms with van der Waals surface area (Å²) in [6.45, 7) is 4.15. The smallest absolute Gasteiger partial charge is 0.164 e. The van der Waals surface area contributed by atoms with Crippen molar-refractivity contribution in [2.24, 2.45) is 0 Å². The van der Waals surface area contributed by atoms with Crippen LogP contribution in [0.25, 0.3) is 56.4 Å². The number of hydrogen-bond donors (Lipinski definition) is 0. The van der Waals surface area contributed by atoms with Gasteiger partial charge in [-0.3, -0.25) is 0 Å². The molecular weight excluding hydrogens is 535 g/mol. The zero-order valence-electron chi connectivity index (χ0n) is 23.5. The molecule has 1 aliphatic rings. The van der Waals surface area contributed by atoms with Gasteiger partial charge < -0.3 is 4.74 Å². The molecule has 1 aliphatic heterocycles. The highest BCUT2D eigenvalue weighted by molar-refractivity contribution is 5.81. The minimum absolute atomic E-state index is 0.282. The van der Waals surface area contributed by atoms with Crippen LogP contribution in [-0.4, -0.2) is 15.0 Å². The number of hydrogen-bond acceptors (Lipinski definition) is 5. The topological polar surface area (TPSA) is 71.7 Å². The predicted octanol–water partition coefficient (Wildman–Crippen LogP) is 8.84. The first-order valence-corrected chi connectivity index (χ1v) is 13.9. The second-order valence-electron chi connectivity index (χ2n) is 11.0. The molecule has 6 aromatic rings. The average Bonchev–Trinajstić information content (AvgIpc) is 3.05. The Kier molecular flexibility index (Phi) is 6.29. The summed E-state index contributed by atoms with van der Waals surface area (Å²) in [5, 5.41) is 9.30. The van der Waals surface area contributed by atoms with E-state index in [0.717, 1.165) is 50.3 Å². The molecule has 2 heterocycles. The van der Waals surface area contributed by atoms with Crippen molar-refractivity contribution in [1.29, 1.82) is 5.26 Å². The maximum absolute atomic E-state index is 13.6. The number of nitriles is 1. The summed E-state index contributed by atoms with van der Waals surface area (Å²) in [6, 6.07) is 37.9. The molecule has 0 aliphatic carbocycles. The van der Waals surface area contributed by atoms with E-state index in [1.165, 1.54) is 12.1 Å². The Hall–Kier alpha value is -5.67. The molecule has 1 aromatic heterocycles. The Bertz CT molecular complexity index is 2040. The predicted molar refractivity (Wildman–Crippen MR) is 165 cm³/mol. The van der Waals surface area contributed by atoms with Crippen LogP contribution in [0.4, 0.5) is 4.39 Å². The highest BCUT2D eigenvalue weighted by atomic mass is 19.1. The second-order valence-corrected chi connectivity index (χ2v) is 11.0. The lowest BCUT2D eigenvalue weighted by atomic mass is 9.86. The van der Waals surface area contributed by atoms with E-state index in [1.54, 1.807) is 24.3 Å². The van der Waals surface area contributed by atoms with Gasteiger partial charge in [0, 0.05) is 27.8 Å². The van der Waals surface area contributed by atoms with E-state index < -0.39 is 5.60 Å². The van der Waals surface area contributed by atoms with Crippen molar-refractivity contribution in [3.05, 3.63) is 132 Å². The van der Waals surface area contributed by atoms with Crippen LogP contribution in [0.15, 0.2) is 115 Å². The van der Waals surface area contributed by atoms with Crippen molar-refractivity contribution in [2.75, 3.05) is 0 Å². The van der Waals surface area contributed by atoms with Gasteiger partial charge in [-0.05, 0) is 91.2 Å². The molecular formula is C37H25FN4O. The summed E-state index contributed by atoms with van der Waals surface area (Å²) in [7, 11) is 0. The van der Waals surface area contributed by atoms with Gasteiger partial charge in [0.15, 0.2) is 17.5 Å². The molecule has 0 bridgehead atoms. The van der Waals surface area contributed by atoms with Gasteiger partial charge in [0.2, 0.25) is 0 Å². The molecule has 43 heavy (non-hydrogen) atoms. The molecule has 0 N–H and O–H groups in total. The van der Waals surface area contributed by atoms with Crippen LogP contribution in [-0.2, 0) is 5.60 Å². The van der Waals surface area contributed by atoms with Crippen molar-refractivity contribution in [1.82, 2.24) is 15.0 Å². The van der Waals surface area contributed by atoms with Crippen molar-refractivity contribution < 1.29 is 9.13 Å². The lowest BCUT2D eigenvalue weighted by Gasteiger charge is -2.35. The third kappa shape index (κ3) is 4.92. The number of fused-ring (bicyclic) bond motifs is 3. The Morgan fingerprint density at radius 3 is 1.93 bits per heavy atom. The standard InChI is InChI=1S/C37H25FN4O/c1-37(2)32-9-4-3-8-30(32)31-21-28(16-19-33(31)43-37)36-41-34(25-12-10-23(22-39)11-13-25)40-35(42-36)27-7-5-6-26(20-27)24-14-17-29(38)18-15-24/h3-21H,1-2H3. The van der Waals surface area contributed by atoms with Crippen LogP contribution < -0.4 is 4.74 Å². The normalized spacial score (nSPS) is 12.9. The number of nitrogens with zero attached hydrogens (tertiary/aromatic N) is 4. The van der Waals surface area contributed by atoms with Gasteiger partial charge in [-0.1, -0.05) is 54.6 Å². The molecule has 0 saturated carbocycles. The van der Waals surface area contributed by atoms with Crippen LogP contribution in [0, 0.1) is 17.1 Å². The first-order chi connectivity index (χ1) is 20.9. The van der Waals surface area contributed by atoms with E-state index in [2.05, 4.69) is 38.1 Å². The first kappa shape index (κ1) is 26.2. The zero-order chi connectivity index (χ0) is 29.6. The van der Waals surface area contributed by atoms with Gasteiger partial charge in [-0.15, -0.1) is 0 Å². The SMILES string of the molecule is CC1(C)Oc2ccc(-c3nc(-c4ccc(C#N)cc4)nc(-c4cccc(-c5ccc(F)cc5)c4)n3)cc2-c2ccccc21. The summed E-state index contributed by atoms with van der Waals surface area (Å²) >= 11 is 0. The van der Waals surface area contributed by atoms with Crippen LogP contribution in [0.3, 0.4) is 0 Å². The van der Waals surface area contributed by atoms with E-state index in [4.69, 9.17) is 19.7 Å². The fourth-order valence-electron chi connectivity index (χ4n) is 5.48. The molecule has 5 nitrogen and oxygen atoms in total. The summed E-state index contributed by atoms with van der Waals surface area (Å²) in [4.78, 5) is 14.7. The van der Waals surface area contributed by atoms with Crippen molar-refractivity contribution >= 4 is 0 Å². The Balaban J connectivity index is 1.38. The summed E-state index contributed by atoms with van der Waals surface area (Å²) < 4.78 is 20.0. The van der Waals surface area contributed by atoms with Crippen LogP contribution >= 0.6 is 0 Å². The molecule has 0 unspecified atom stereocenters. The lowest BCUT2D eigenvalue weighted by Crippen LogP contribution is -2.29. The molecule has 6 heteroatoms. The van der Waals surface area contributed by atoms with Crippen molar-refractivity contribution in [2.45, 2.75) is 19.4 Å². The van der Waals surface area contributed by atoms with Crippen LogP contribution in [0.2, 0.25) is 0 Å². The number of ether oxygens (including phenoxy) is 1.